The summed E-state index contributed by atoms with van der Waals surface area (Å²) in [5.74, 6) is -0.0743. The Bertz CT molecular complexity index is 366. The SMILES string of the molecule is NC(c1cccc(F)c1Cl)C1CCOCC1. The zero-order chi connectivity index (χ0) is 11.5. The lowest BCUT2D eigenvalue weighted by atomic mass is 9.88. The molecular weight excluding hydrogens is 229 g/mol. The van der Waals surface area contributed by atoms with Gasteiger partial charge in [0.15, 0.2) is 0 Å². The quantitative estimate of drug-likeness (QED) is 0.867. The second-order valence-corrected chi connectivity index (χ2v) is 4.50. The Kier molecular flexibility index (Phi) is 3.79. The van der Waals surface area contributed by atoms with Crippen molar-refractivity contribution < 1.29 is 9.13 Å². The van der Waals surface area contributed by atoms with Gasteiger partial charge in [0.25, 0.3) is 0 Å². The summed E-state index contributed by atoms with van der Waals surface area (Å²) >= 11 is 5.92. The van der Waals surface area contributed by atoms with E-state index in [1.54, 1.807) is 12.1 Å². The van der Waals surface area contributed by atoms with E-state index in [4.69, 9.17) is 22.1 Å². The minimum absolute atomic E-state index is 0.154. The summed E-state index contributed by atoms with van der Waals surface area (Å²) in [5, 5.41) is 0.154. The van der Waals surface area contributed by atoms with Gasteiger partial charge in [-0.25, -0.2) is 4.39 Å². The van der Waals surface area contributed by atoms with Crippen LogP contribution in [-0.2, 0) is 4.74 Å². The van der Waals surface area contributed by atoms with Gasteiger partial charge in [-0.15, -0.1) is 0 Å². The summed E-state index contributed by atoms with van der Waals surface area (Å²) in [6.07, 6.45) is 1.82. The molecule has 1 atom stereocenters. The van der Waals surface area contributed by atoms with E-state index in [0.29, 0.717) is 11.5 Å². The topological polar surface area (TPSA) is 35.2 Å². The number of ether oxygens (including phenoxy) is 1. The van der Waals surface area contributed by atoms with Crippen LogP contribution < -0.4 is 5.73 Å². The molecule has 16 heavy (non-hydrogen) atoms. The van der Waals surface area contributed by atoms with Crippen molar-refractivity contribution in [1.82, 2.24) is 0 Å². The normalized spacial score (nSPS) is 19.7. The molecule has 2 rings (SSSR count). The maximum Gasteiger partial charge on any atom is 0.142 e. The highest BCUT2D eigenvalue weighted by Gasteiger charge is 2.24. The van der Waals surface area contributed by atoms with E-state index in [-0.39, 0.29) is 11.1 Å². The maximum atomic E-state index is 13.3. The summed E-state index contributed by atoms with van der Waals surface area (Å²) in [7, 11) is 0. The predicted molar refractivity (Wildman–Crippen MR) is 61.9 cm³/mol. The lowest BCUT2D eigenvalue weighted by molar-refractivity contribution is 0.0583. The molecule has 0 aromatic heterocycles. The summed E-state index contributed by atoms with van der Waals surface area (Å²) in [6, 6.07) is 4.59. The van der Waals surface area contributed by atoms with E-state index in [9.17, 15) is 4.39 Å². The van der Waals surface area contributed by atoms with Crippen molar-refractivity contribution in [2.24, 2.45) is 11.7 Å². The van der Waals surface area contributed by atoms with Crippen LogP contribution in [0.15, 0.2) is 18.2 Å². The zero-order valence-electron chi connectivity index (χ0n) is 8.96. The van der Waals surface area contributed by atoms with E-state index < -0.39 is 5.82 Å². The van der Waals surface area contributed by atoms with Crippen LogP contribution in [0.1, 0.15) is 24.4 Å². The molecular formula is C12H15ClFNO. The lowest BCUT2D eigenvalue weighted by Crippen LogP contribution is -2.27. The van der Waals surface area contributed by atoms with E-state index in [0.717, 1.165) is 26.1 Å². The second kappa shape index (κ2) is 5.13. The first-order chi connectivity index (χ1) is 7.70. The molecule has 4 heteroatoms. The van der Waals surface area contributed by atoms with Crippen molar-refractivity contribution in [1.29, 1.82) is 0 Å². The van der Waals surface area contributed by atoms with E-state index >= 15 is 0 Å². The summed E-state index contributed by atoms with van der Waals surface area (Å²) in [4.78, 5) is 0. The number of benzene rings is 1. The fourth-order valence-corrected chi connectivity index (χ4v) is 2.36. The average molecular weight is 244 g/mol. The third-order valence-electron chi connectivity index (χ3n) is 3.11. The molecule has 1 heterocycles. The first-order valence-corrected chi connectivity index (χ1v) is 5.85. The Balaban J connectivity index is 2.19. The minimum Gasteiger partial charge on any atom is -0.381 e. The Morgan fingerprint density at radius 2 is 2.06 bits per heavy atom. The lowest BCUT2D eigenvalue weighted by Gasteiger charge is -2.28. The van der Waals surface area contributed by atoms with Gasteiger partial charge in [-0.05, 0) is 30.4 Å². The Hall–Kier alpha value is -0.640. The molecule has 1 saturated heterocycles. The van der Waals surface area contributed by atoms with Crippen LogP contribution >= 0.6 is 11.6 Å². The Morgan fingerprint density at radius 1 is 1.38 bits per heavy atom. The minimum atomic E-state index is -0.401. The zero-order valence-corrected chi connectivity index (χ0v) is 9.71. The summed E-state index contributed by atoms with van der Waals surface area (Å²) < 4.78 is 18.6. The smallest absolute Gasteiger partial charge is 0.142 e. The first-order valence-electron chi connectivity index (χ1n) is 5.47. The van der Waals surface area contributed by atoms with Crippen molar-refractivity contribution in [2.75, 3.05) is 13.2 Å². The fourth-order valence-electron chi connectivity index (χ4n) is 2.11. The third-order valence-corrected chi connectivity index (χ3v) is 3.51. The molecule has 1 aliphatic rings. The van der Waals surface area contributed by atoms with Gasteiger partial charge in [0.2, 0.25) is 0 Å². The molecule has 0 radical (unpaired) electrons. The summed E-state index contributed by atoms with van der Waals surface area (Å²) in [5.41, 5.74) is 6.84. The van der Waals surface area contributed by atoms with Crippen LogP contribution in [0.3, 0.4) is 0 Å². The molecule has 1 aromatic rings. The molecule has 1 fully saturated rings. The highest BCUT2D eigenvalue weighted by molar-refractivity contribution is 6.31. The van der Waals surface area contributed by atoms with Crippen LogP contribution in [0.5, 0.6) is 0 Å². The second-order valence-electron chi connectivity index (χ2n) is 4.12. The van der Waals surface area contributed by atoms with Crippen LogP contribution in [0.25, 0.3) is 0 Å². The van der Waals surface area contributed by atoms with E-state index in [1.165, 1.54) is 6.07 Å². The standard InChI is InChI=1S/C12H15ClFNO/c13-11-9(2-1-3-10(11)14)12(15)8-4-6-16-7-5-8/h1-3,8,12H,4-7,15H2. The third kappa shape index (κ3) is 2.37. The van der Waals surface area contributed by atoms with Gasteiger partial charge >= 0.3 is 0 Å². The van der Waals surface area contributed by atoms with Gasteiger partial charge < -0.3 is 10.5 Å². The number of halogens is 2. The predicted octanol–water partition coefficient (Wildman–Crippen LogP) is 2.91. The number of hydrogen-bond acceptors (Lipinski definition) is 2. The largest absolute Gasteiger partial charge is 0.381 e. The molecule has 1 unspecified atom stereocenters. The van der Waals surface area contributed by atoms with E-state index in [1.807, 2.05) is 0 Å². The molecule has 2 N–H and O–H groups in total. The highest BCUT2D eigenvalue weighted by atomic mass is 35.5. The van der Waals surface area contributed by atoms with Gasteiger partial charge in [-0.1, -0.05) is 23.7 Å². The summed E-state index contributed by atoms with van der Waals surface area (Å²) in [6.45, 7) is 1.45. The van der Waals surface area contributed by atoms with Gasteiger partial charge in [-0.3, -0.25) is 0 Å². The molecule has 0 aliphatic carbocycles. The fraction of sp³-hybridized carbons (Fsp3) is 0.500. The van der Waals surface area contributed by atoms with Gasteiger partial charge in [-0.2, -0.15) is 0 Å². The van der Waals surface area contributed by atoms with Crippen molar-refractivity contribution in [2.45, 2.75) is 18.9 Å². The number of hydrogen-bond donors (Lipinski definition) is 1. The molecule has 0 amide bonds. The first kappa shape index (κ1) is 11.8. The monoisotopic (exact) mass is 243 g/mol. The molecule has 0 bridgehead atoms. The molecule has 88 valence electrons. The maximum absolute atomic E-state index is 13.3. The van der Waals surface area contributed by atoms with Crippen molar-refractivity contribution in [3.05, 3.63) is 34.6 Å². The number of nitrogens with two attached hydrogens (primary N) is 1. The van der Waals surface area contributed by atoms with Crippen molar-refractivity contribution in [3.8, 4) is 0 Å². The van der Waals surface area contributed by atoms with Crippen LogP contribution in [0.4, 0.5) is 4.39 Å². The molecule has 0 spiro atoms. The van der Waals surface area contributed by atoms with Crippen LogP contribution in [0.2, 0.25) is 5.02 Å². The average Bonchev–Trinajstić information content (AvgIpc) is 2.33. The number of rotatable bonds is 2. The molecule has 2 nitrogen and oxygen atoms in total. The van der Waals surface area contributed by atoms with Gasteiger partial charge in [0, 0.05) is 19.3 Å². The van der Waals surface area contributed by atoms with Crippen LogP contribution in [0, 0.1) is 11.7 Å². The van der Waals surface area contributed by atoms with Gasteiger partial charge in [0.1, 0.15) is 5.82 Å². The van der Waals surface area contributed by atoms with Gasteiger partial charge in [0.05, 0.1) is 5.02 Å². The molecule has 1 aliphatic heterocycles. The molecule has 0 saturated carbocycles. The molecule has 1 aromatic carbocycles. The van der Waals surface area contributed by atoms with Crippen molar-refractivity contribution in [3.63, 3.8) is 0 Å². The van der Waals surface area contributed by atoms with E-state index in [2.05, 4.69) is 0 Å². The Morgan fingerprint density at radius 3 is 2.75 bits per heavy atom. The highest BCUT2D eigenvalue weighted by Crippen LogP contribution is 2.32. The van der Waals surface area contributed by atoms with Crippen LogP contribution in [-0.4, -0.2) is 13.2 Å². The van der Waals surface area contributed by atoms with Crippen molar-refractivity contribution >= 4 is 11.6 Å². The Labute approximate surface area is 99.5 Å².